The van der Waals surface area contributed by atoms with Crippen molar-refractivity contribution in [3.8, 4) is 5.75 Å². The van der Waals surface area contributed by atoms with Gasteiger partial charge in [0.2, 0.25) is 0 Å². The number of hydrogen-bond acceptors (Lipinski definition) is 4. The molecule has 0 radical (unpaired) electrons. The van der Waals surface area contributed by atoms with E-state index in [1.165, 1.54) is 0 Å². The summed E-state index contributed by atoms with van der Waals surface area (Å²) >= 11 is 13.2. The molecule has 0 fully saturated rings. The van der Waals surface area contributed by atoms with E-state index >= 15 is 0 Å². The molecule has 104 valence electrons. The van der Waals surface area contributed by atoms with E-state index in [0.717, 1.165) is 5.56 Å². The van der Waals surface area contributed by atoms with E-state index in [1.54, 1.807) is 35.8 Å². The predicted molar refractivity (Wildman–Crippen MR) is 82.0 cm³/mol. The zero-order chi connectivity index (χ0) is 14.4. The first-order valence-electron chi connectivity index (χ1n) is 5.57. The van der Waals surface area contributed by atoms with Crippen molar-refractivity contribution >= 4 is 46.7 Å². The molecule has 0 saturated carbocycles. The van der Waals surface area contributed by atoms with Crippen molar-refractivity contribution in [2.75, 3.05) is 6.61 Å². The van der Waals surface area contributed by atoms with Crippen LogP contribution in [-0.2, 0) is 4.79 Å². The third-order valence-corrected chi connectivity index (χ3v) is 3.43. The van der Waals surface area contributed by atoms with Crippen LogP contribution in [0.3, 0.4) is 0 Å². The van der Waals surface area contributed by atoms with Crippen molar-refractivity contribution in [1.82, 2.24) is 5.43 Å². The fourth-order valence-electron chi connectivity index (χ4n) is 1.30. The molecule has 2 rings (SSSR count). The van der Waals surface area contributed by atoms with Gasteiger partial charge in [-0.3, -0.25) is 4.79 Å². The molecule has 1 N–H and O–H groups in total. The van der Waals surface area contributed by atoms with Crippen LogP contribution >= 0.6 is 34.5 Å². The van der Waals surface area contributed by atoms with E-state index < -0.39 is 0 Å². The number of thiophene rings is 1. The number of amides is 1. The highest BCUT2D eigenvalue weighted by molar-refractivity contribution is 7.08. The first-order chi connectivity index (χ1) is 9.65. The van der Waals surface area contributed by atoms with Crippen molar-refractivity contribution in [1.29, 1.82) is 0 Å². The van der Waals surface area contributed by atoms with E-state index in [2.05, 4.69) is 10.5 Å². The van der Waals surface area contributed by atoms with E-state index in [9.17, 15) is 4.79 Å². The summed E-state index contributed by atoms with van der Waals surface area (Å²) in [5.74, 6) is 0.0236. The largest absolute Gasteiger partial charge is 0.482 e. The lowest BCUT2D eigenvalue weighted by Crippen LogP contribution is -2.24. The topological polar surface area (TPSA) is 50.7 Å². The second-order valence-corrected chi connectivity index (χ2v) is 5.34. The molecule has 0 aliphatic carbocycles. The van der Waals surface area contributed by atoms with E-state index in [-0.39, 0.29) is 12.5 Å². The summed E-state index contributed by atoms with van der Waals surface area (Å²) in [5.41, 5.74) is 3.29. The molecule has 1 aromatic heterocycles. The van der Waals surface area contributed by atoms with Gasteiger partial charge in [-0.25, -0.2) is 5.43 Å². The normalized spacial score (nSPS) is 10.7. The van der Waals surface area contributed by atoms with E-state index in [0.29, 0.717) is 15.8 Å². The Morgan fingerprint density at radius 3 is 2.95 bits per heavy atom. The molecule has 1 aromatic carbocycles. The number of nitrogens with zero attached hydrogens (tertiary/aromatic N) is 1. The van der Waals surface area contributed by atoms with Crippen LogP contribution in [0.25, 0.3) is 0 Å². The maximum atomic E-state index is 11.5. The van der Waals surface area contributed by atoms with Gasteiger partial charge in [0.05, 0.1) is 11.2 Å². The maximum Gasteiger partial charge on any atom is 0.277 e. The van der Waals surface area contributed by atoms with Crippen LogP contribution < -0.4 is 10.2 Å². The lowest BCUT2D eigenvalue weighted by Gasteiger charge is -2.06. The second-order valence-electron chi connectivity index (χ2n) is 3.71. The van der Waals surface area contributed by atoms with Crippen molar-refractivity contribution < 1.29 is 9.53 Å². The summed E-state index contributed by atoms with van der Waals surface area (Å²) in [6, 6.07) is 6.68. The average molecular weight is 329 g/mol. The van der Waals surface area contributed by atoms with Crippen molar-refractivity contribution in [2.45, 2.75) is 0 Å². The Kier molecular flexibility index (Phi) is 5.40. The Morgan fingerprint density at radius 1 is 1.40 bits per heavy atom. The lowest BCUT2D eigenvalue weighted by atomic mass is 10.3. The van der Waals surface area contributed by atoms with Gasteiger partial charge in [-0.15, -0.1) is 0 Å². The van der Waals surface area contributed by atoms with Crippen LogP contribution in [-0.4, -0.2) is 18.7 Å². The van der Waals surface area contributed by atoms with Crippen LogP contribution in [0.1, 0.15) is 5.56 Å². The SMILES string of the molecule is O=C(COc1ccc(Cl)cc1Cl)NN=Cc1ccsc1. The molecule has 0 aliphatic rings. The van der Waals surface area contributed by atoms with Crippen LogP contribution in [0, 0.1) is 0 Å². The first-order valence-corrected chi connectivity index (χ1v) is 7.27. The molecule has 0 bridgehead atoms. The Bertz CT molecular complexity index is 615. The minimum atomic E-state index is -0.373. The summed E-state index contributed by atoms with van der Waals surface area (Å²) in [4.78, 5) is 11.5. The zero-order valence-electron chi connectivity index (χ0n) is 10.2. The quantitative estimate of drug-likeness (QED) is 0.673. The number of benzene rings is 1. The van der Waals surface area contributed by atoms with E-state index in [1.807, 2.05) is 16.8 Å². The summed E-state index contributed by atoms with van der Waals surface area (Å²) in [7, 11) is 0. The minimum Gasteiger partial charge on any atom is -0.482 e. The number of hydrogen-bond donors (Lipinski definition) is 1. The van der Waals surface area contributed by atoms with Gasteiger partial charge in [0.1, 0.15) is 5.75 Å². The molecule has 1 amide bonds. The first kappa shape index (κ1) is 14.8. The molecule has 4 nitrogen and oxygen atoms in total. The number of rotatable bonds is 5. The average Bonchev–Trinajstić information content (AvgIpc) is 2.91. The van der Waals surface area contributed by atoms with Gasteiger partial charge < -0.3 is 4.74 Å². The molecule has 0 spiro atoms. The van der Waals surface area contributed by atoms with Gasteiger partial charge in [-0.2, -0.15) is 16.4 Å². The molecule has 0 unspecified atom stereocenters. The molecule has 7 heteroatoms. The van der Waals surface area contributed by atoms with Crippen LogP contribution in [0.5, 0.6) is 5.75 Å². The Morgan fingerprint density at radius 2 is 2.25 bits per heavy atom. The van der Waals surface area contributed by atoms with Crippen molar-refractivity contribution in [3.63, 3.8) is 0 Å². The fraction of sp³-hybridized carbons (Fsp3) is 0.0769. The highest BCUT2D eigenvalue weighted by Crippen LogP contribution is 2.27. The number of carbonyl (C=O) groups is 1. The Labute approximate surface area is 130 Å². The minimum absolute atomic E-state index is 0.178. The predicted octanol–water partition coefficient (Wildman–Crippen LogP) is 3.58. The van der Waals surface area contributed by atoms with Crippen LogP contribution in [0.4, 0.5) is 0 Å². The zero-order valence-corrected chi connectivity index (χ0v) is 12.5. The molecular formula is C13H10Cl2N2O2S. The van der Waals surface area contributed by atoms with Crippen LogP contribution in [0.15, 0.2) is 40.1 Å². The van der Waals surface area contributed by atoms with Gasteiger partial charge in [0, 0.05) is 10.6 Å². The van der Waals surface area contributed by atoms with Crippen LogP contribution in [0.2, 0.25) is 10.0 Å². The molecule has 0 atom stereocenters. The molecule has 0 saturated heterocycles. The number of nitrogens with one attached hydrogen (secondary N) is 1. The maximum absolute atomic E-state index is 11.5. The molecule has 2 aromatic rings. The number of ether oxygens (including phenoxy) is 1. The van der Waals surface area contributed by atoms with Gasteiger partial charge in [-0.05, 0) is 35.0 Å². The van der Waals surface area contributed by atoms with Crippen molar-refractivity contribution in [2.24, 2.45) is 5.10 Å². The lowest BCUT2D eigenvalue weighted by molar-refractivity contribution is -0.123. The summed E-state index contributed by atoms with van der Waals surface area (Å²) in [5, 5.41) is 8.51. The highest BCUT2D eigenvalue weighted by Gasteiger charge is 2.05. The number of halogens is 2. The molecule has 20 heavy (non-hydrogen) atoms. The summed E-state index contributed by atoms with van der Waals surface area (Å²) in [6.45, 7) is -0.178. The fourth-order valence-corrected chi connectivity index (χ4v) is 2.37. The van der Waals surface area contributed by atoms with Gasteiger partial charge in [-0.1, -0.05) is 23.2 Å². The van der Waals surface area contributed by atoms with Gasteiger partial charge >= 0.3 is 0 Å². The number of carbonyl (C=O) groups excluding carboxylic acids is 1. The third kappa shape index (κ3) is 4.52. The Hall–Kier alpha value is -1.56. The highest BCUT2D eigenvalue weighted by atomic mass is 35.5. The summed E-state index contributed by atoms with van der Waals surface area (Å²) in [6.07, 6.45) is 1.56. The number of hydrazone groups is 1. The smallest absolute Gasteiger partial charge is 0.277 e. The molecule has 0 aliphatic heterocycles. The molecular weight excluding hydrogens is 319 g/mol. The second kappa shape index (κ2) is 7.28. The Balaban J connectivity index is 1.80. The standard InChI is InChI=1S/C13H10Cl2N2O2S/c14-10-1-2-12(11(15)5-10)19-7-13(18)17-16-6-9-3-4-20-8-9/h1-6,8H,7H2,(H,17,18). The molecule has 1 heterocycles. The third-order valence-electron chi connectivity index (χ3n) is 2.20. The van der Waals surface area contributed by atoms with Crippen molar-refractivity contribution in [3.05, 3.63) is 50.6 Å². The van der Waals surface area contributed by atoms with Gasteiger partial charge in [0.15, 0.2) is 6.61 Å². The van der Waals surface area contributed by atoms with E-state index in [4.69, 9.17) is 27.9 Å². The summed E-state index contributed by atoms with van der Waals surface area (Å²) < 4.78 is 5.27. The monoisotopic (exact) mass is 328 g/mol. The van der Waals surface area contributed by atoms with Gasteiger partial charge in [0.25, 0.3) is 5.91 Å².